The molecule has 0 spiro atoms. The summed E-state index contributed by atoms with van der Waals surface area (Å²) < 4.78 is 203. The summed E-state index contributed by atoms with van der Waals surface area (Å²) in [6.07, 6.45) is -2.76. The number of carbonyl (C=O) groups is 4. The number of ether oxygens (including phenoxy) is 2. The molecular weight excluding hydrogens is 1090 g/mol. The number of carboxylic acids is 1. The van der Waals surface area contributed by atoms with Gasteiger partial charge in [0.2, 0.25) is 0 Å². The molecule has 0 saturated heterocycles. The summed E-state index contributed by atoms with van der Waals surface area (Å²) in [4.78, 5) is 63.7. The number of pyridine rings is 4. The standard InChI is InChI=1S/C18H16F3N3O.2C12H14N2O2.C10H10N2O2.C8H8F3N/c1-11-3-8-15-23-12(2)16(24(15)10-11)17(25)22-9-13-4-6-14(7-5-13)18(19,20)21;2*1-4-16-12(15)11-9(3)13-10-6-5-8(2)7-14(10)11;1-6-3-4-8-11-7(2)9(10(13)14)12(8)5-6;9-8(10,11)7-3-1-6(5-12)2-4-7/h3-8,10H,9H2,1-2H3,(H,22,25);2*5-7H,4H2,1-3H3;3-5H,1-2H3,(H,13,14);1-4H,5,12H2/i2D3,3D,8D;3D3,5D,6D;;2D3,3D,4D;. The third kappa shape index (κ3) is 15.8. The number of amides is 1. The first-order valence-electron chi connectivity index (χ1n) is 32.1. The molecule has 4 N–H and O–H groups in total. The Morgan fingerprint density at radius 1 is 0.530 bits per heavy atom. The summed E-state index contributed by atoms with van der Waals surface area (Å²) in [6, 6.07) is 11.7. The molecular formula is C60H62F6N10O7. The van der Waals surface area contributed by atoms with Gasteiger partial charge in [0.25, 0.3) is 5.91 Å². The van der Waals surface area contributed by atoms with Crippen LogP contribution in [0.1, 0.15) is 144 Å². The minimum Gasteiger partial charge on any atom is -0.477 e. The highest BCUT2D eigenvalue weighted by Crippen LogP contribution is 2.30. The van der Waals surface area contributed by atoms with Crippen molar-refractivity contribution < 1.29 is 80.7 Å². The average Bonchev–Trinajstić information content (AvgIpc) is 1.61. The predicted octanol–water partition coefficient (Wildman–Crippen LogP) is 12.0. The third-order valence-corrected chi connectivity index (χ3v) is 11.4. The lowest BCUT2D eigenvalue weighted by Crippen LogP contribution is -2.25. The molecule has 10 aromatic rings. The number of nitrogens with two attached hydrogens (primary N) is 1. The Morgan fingerprint density at radius 3 is 1.33 bits per heavy atom. The van der Waals surface area contributed by atoms with Crippen LogP contribution in [0.3, 0.4) is 0 Å². The highest BCUT2D eigenvalue weighted by atomic mass is 19.4. The minimum atomic E-state index is -4.48. The van der Waals surface area contributed by atoms with E-state index in [1.165, 1.54) is 47.3 Å². The molecule has 0 aliphatic heterocycles. The summed E-state index contributed by atoms with van der Waals surface area (Å²) in [5.41, 5.74) is 6.20. The van der Waals surface area contributed by atoms with E-state index in [0.717, 1.165) is 44.3 Å². The number of esters is 2. The SMILES string of the molecule is CCOC(=O)c1c(C)nc2ccc(C)cn12.NCc1ccc(C(F)(F)F)cc1.[2H]c1c(C)cn2c(C(=O)NCc3ccc(C(F)(F)F)cc3)c(C([2H])([2H])[2H])nc2c1[2H].[2H]c1c(C)cn2c(C(=O)O)c(C([2H])([2H])[2H])nc2c1[2H].[2H]c1c(C)cn2c(C(=O)OCC)c(C([2H])([2H])[2H])nc2c1[2H]. The molecule has 0 radical (unpaired) electrons. The molecule has 0 saturated carbocycles. The predicted molar refractivity (Wildman–Crippen MR) is 299 cm³/mol. The van der Waals surface area contributed by atoms with Crippen LogP contribution >= 0.6 is 0 Å². The van der Waals surface area contributed by atoms with Crippen LogP contribution in [0.5, 0.6) is 0 Å². The monoisotopic (exact) mass is 1160 g/mol. The Labute approximate surface area is 494 Å². The van der Waals surface area contributed by atoms with Crippen LogP contribution in [-0.4, -0.2) is 79.7 Å². The zero-order chi connectivity index (χ0) is 73.8. The van der Waals surface area contributed by atoms with Crippen molar-refractivity contribution in [3.05, 3.63) is 212 Å². The van der Waals surface area contributed by atoms with E-state index in [1.54, 1.807) is 39.0 Å². The van der Waals surface area contributed by atoms with Crippen molar-refractivity contribution in [3.63, 3.8) is 0 Å². The molecule has 0 aliphatic rings. The number of alkyl halides is 6. The van der Waals surface area contributed by atoms with Gasteiger partial charge in [0.05, 0.1) is 55.3 Å². The fraction of sp³-hybridized carbons (Fsp3) is 0.267. The average molecular weight is 1160 g/mol. The van der Waals surface area contributed by atoms with Gasteiger partial charge < -0.3 is 25.6 Å². The first kappa shape index (κ1) is 44.3. The number of carboxylic acid groups (broad SMARTS) is 1. The van der Waals surface area contributed by atoms with Crippen molar-refractivity contribution in [2.45, 2.75) is 94.5 Å². The van der Waals surface area contributed by atoms with Gasteiger partial charge in [0.15, 0.2) is 17.1 Å². The first-order chi connectivity index (χ1) is 45.3. The van der Waals surface area contributed by atoms with E-state index >= 15 is 0 Å². The second-order valence-corrected chi connectivity index (χ2v) is 17.7. The lowest BCUT2D eigenvalue weighted by atomic mass is 10.1. The highest BCUT2D eigenvalue weighted by molar-refractivity contribution is 5.95. The van der Waals surface area contributed by atoms with Gasteiger partial charge in [-0.1, -0.05) is 48.5 Å². The molecule has 0 bridgehead atoms. The number of halogens is 6. The van der Waals surface area contributed by atoms with Crippen molar-refractivity contribution in [3.8, 4) is 0 Å². The van der Waals surface area contributed by atoms with E-state index in [4.69, 9.17) is 40.9 Å². The van der Waals surface area contributed by atoms with Gasteiger partial charge in [-0.15, -0.1) is 0 Å². The molecule has 8 heterocycles. The van der Waals surface area contributed by atoms with E-state index in [9.17, 15) is 45.5 Å². The summed E-state index contributed by atoms with van der Waals surface area (Å²) in [6.45, 7) is 4.40. The Balaban J connectivity index is 0.000000200. The van der Waals surface area contributed by atoms with E-state index < -0.39 is 84.7 Å². The van der Waals surface area contributed by atoms with Crippen LogP contribution in [0.25, 0.3) is 22.6 Å². The van der Waals surface area contributed by atoms with Gasteiger partial charge in [-0.3, -0.25) is 22.4 Å². The summed E-state index contributed by atoms with van der Waals surface area (Å²) in [5.74, 6) is -3.38. The Morgan fingerprint density at radius 2 is 0.904 bits per heavy atom. The van der Waals surface area contributed by atoms with E-state index in [2.05, 4.69) is 25.3 Å². The highest BCUT2D eigenvalue weighted by Gasteiger charge is 2.31. The van der Waals surface area contributed by atoms with Crippen molar-refractivity contribution in [1.82, 2.24) is 42.9 Å². The molecule has 0 aliphatic carbocycles. The fourth-order valence-electron chi connectivity index (χ4n) is 7.52. The van der Waals surface area contributed by atoms with Crippen molar-refractivity contribution in [2.75, 3.05) is 13.2 Å². The van der Waals surface area contributed by atoms with Crippen LogP contribution in [0.15, 0.2) is 122 Å². The van der Waals surface area contributed by atoms with Crippen molar-refractivity contribution in [1.29, 1.82) is 0 Å². The molecule has 23 heteroatoms. The Hall–Kier alpha value is -9.38. The van der Waals surface area contributed by atoms with E-state index in [1.807, 2.05) is 32.2 Å². The number of hydrogen-bond donors (Lipinski definition) is 3. The van der Waals surface area contributed by atoms with Crippen LogP contribution < -0.4 is 11.1 Å². The van der Waals surface area contributed by atoms with E-state index in [0.29, 0.717) is 45.8 Å². The van der Waals surface area contributed by atoms with Crippen LogP contribution in [0, 0.1) is 55.2 Å². The molecule has 17 nitrogen and oxygen atoms in total. The smallest absolute Gasteiger partial charge is 0.416 e. The number of nitrogens with one attached hydrogen (secondary N) is 1. The number of hydrogen-bond acceptors (Lipinski definition) is 11. The summed E-state index contributed by atoms with van der Waals surface area (Å²) >= 11 is 0. The Kier molecular flexibility index (Phi) is 14.4. The van der Waals surface area contributed by atoms with Crippen LogP contribution in [0.2, 0.25) is 0 Å². The first-order valence-corrected chi connectivity index (χ1v) is 24.6. The number of fused-ring (bicyclic) bond motifs is 4. The van der Waals surface area contributed by atoms with Crippen molar-refractivity contribution in [2.24, 2.45) is 5.73 Å². The van der Waals surface area contributed by atoms with Crippen LogP contribution in [-0.2, 0) is 34.9 Å². The fourth-order valence-corrected chi connectivity index (χ4v) is 7.52. The van der Waals surface area contributed by atoms with Gasteiger partial charge >= 0.3 is 30.3 Å². The minimum absolute atomic E-state index is 0.0419. The van der Waals surface area contributed by atoms with Gasteiger partial charge in [-0.2, -0.15) is 26.3 Å². The number of aryl methyl sites for hydroxylation is 8. The largest absolute Gasteiger partial charge is 0.477 e. The molecule has 436 valence electrons. The summed E-state index contributed by atoms with van der Waals surface area (Å²) in [5, 5.41) is 11.6. The Bertz CT molecular complexity index is 4640. The van der Waals surface area contributed by atoms with Gasteiger partial charge in [0, 0.05) is 50.2 Å². The van der Waals surface area contributed by atoms with Gasteiger partial charge in [-0.25, -0.2) is 34.3 Å². The molecule has 10 rings (SSSR count). The molecule has 83 heavy (non-hydrogen) atoms. The zero-order valence-electron chi connectivity index (χ0n) is 60.2. The number of nitrogens with zero attached hydrogens (tertiary/aromatic N) is 8. The molecule has 0 fully saturated rings. The second kappa shape index (κ2) is 26.9. The molecule has 0 unspecified atom stereocenters. The molecule has 2 aromatic carbocycles. The number of aromatic nitrogens is 8. The summed E-state index contributed by atoms with van der Waals surface area (Å²) in [7, 11) is 0. The van der Waals surface area contributed by atoms with Gasteiger partial charge in [0.1, 0.15) is 28.3 Å². The molecule has 8 aromatic heterocycles. The zero-order valence-corrected chi connectivity index (χ0v) is 45.2. The number of rotatable bonds is 9. The van der Waals surface area contributed by atoms with Gasteiger partial charge in [-0.05, 0) is 151 Å². The van der Waals surface area contributed by atoms with Crippen molar-refractivity contribution >= 4 is 46.4 Å². The third-order valence-electron chi connectivity index (χ3n) is 11.4. The quantitative estimate of drug-likeness (QED) is 0.0909. The lowest BCUT2D eigenvalue weighted by molar-refractivity contribution is -0.138. The maximum absolute atomic E-state index is 12.8. The number of benzene rings is 2. The molecule has 1 amide bonds. The second-order valence-electron chi connectivity index (χ2n) is 17.7. The number of imidazole rings is 4. The maximum atomic E-state index is 12.8. The normalized spacial score (nSPS) is 14.2. The molecule has 0 atom stereocenters. The topological polar surface area (TPSA) is 214 Å². The number of aromatic carboxylic acids is 1. The lowest BCUT2D eigenvalue weighted by Gasteiger charge is -2.09. The van der Waals surface area contributed by atoms with E-state index in [-0.39, 0.29) is 90.2 Å². The number of carbonyl (C=O) groups excluding carboxylic acids is 3. The maximum Gasteiger partial charge on any atom is 0.416 e. The van der Waals surface area contributed by atoms with Crippen LogP contribution in [0.4, 0.5) is 26.3 Å².